The van der Waals surface area contributed by atoms with Gasteiger partial charge in [-0.05, 0) is 37.1 Å². The molecule has 3 atom stereocenters. The fourth-order valence-corrected chi connectivity index (χ4v) is 5.25. The Morgan fingerprint density at radius 1 is 1.05 bits per heavy atom. The molecule has 0 spiro atoms. The van der Waals surface area contributed by atoms with Gasteiger partial charge in [0.1, 0.15) is 0 Å². The third kappa shape index (κ3) is 2.31. The van der Waals surface area contributed by atoms with Gasteiger partial charge >= 0.3 is 0 Å². The van der Waals surface area contributed by atoms with E-state index in [1.54, 1.807) is 16.2 Å². The van der Waals surface area contributed by atoms with Crippen LogP contribution >= 0.6 is 11.3 Å². The number of thiophene rings is 1. The van der Waals surface area contributed by atoms with Crippen molar-refractivity contribution in [1.29, 1.82) is 0 Å². The molecule has 1 aromatic heterocycles. The molecular formula is C17H22N2O2S. The maximum atomic E-state index is 12.6. The van der Waals surface area contributed by atoms with E-state index in [0.717, 1.165) is 45.1 Å². The van der Waals surface area contributed by atoms with Crippen molar-refractivity contribution in [2.24, 2.45) is 11.8 Å². The molecule has 22 heavy (non-hydrogen) atoms. The minimum absolute atomic E-state index is 0.0240. The van der Waals surface area contributed by atoms with Crippen molar-refractivity contribution < 1.29 is 9.59 Å². The summed E-state index contributed by atoms with van der Waals surface area (Å²) in [5.74, 6) is 0.131. The number of imide groups is 1. The van der Waals surface area contributed by atoms with E-state index in [1.807, 2.05) is 0 Å². The number of rotatable bonds is 3. The van der Waals surface area contributed by atoms with Crippen LogP contribution in [0.4, 0.5) is 0 Å². The molecule has 2 saturated heterocycles. The SMILES string of the molecule is O=C1[C@H]2CCCC[C@H]2C(=O)N1CN1CCC[C@H]1c1cccs1. The molecule has 0 unspecified atom stereocenters. The summed E-state index contributed by atoms with van der Waals surface area (Å²) in [5, 5.41) is 2.10. The fraction of sp³-hybridized carbons (Fsp3) is 0.647. The molecule has 1 saturated carbocycles. The van der Waals surface area contributed by atoms with Crippen molar-refractivity contribution in [3.05, 3.63) is 22.4 Å². The van der Waals surface area contributed by atoms with Crippen molar-refractivity contribution in [3.8, 4) is 0 Å². The van der Waals surface area contributed by atoms with Crippen LogP contribution in [0.5, 0.6) is 0 Å². The first kappa shape index (κ1) is 14.4. The van der Waals surface area contributed by atoms with E-state index in [4.69, 9.17) is 0 Å². The van der Waals surface area contributed by atoms with Gasteiger partial charge in [-0.2, -0.15) is 0 Å². The van der Waals surface area contributed by atoms with Gasteiger partial charge in [-0.3, -0.25) is 19.4 Å². The van der Waals surface area contributed by atoms with Crippen LogP contribution in [-0.4, -0.2) is 34.8 Å². The van der Waals surface area contributed by atoms with Crippen molar-refractivity contribution in [2.75, 3.05) is 13.2 Å². The second kappa shape index (κ2) is 5.78. The van der Waals surface area contributed by atoms with Gasteiger partial charge in [-0.1, -0.05) is 18.9 Å². The summed E-state index contributed by atoms with van der Waals surface area (Å²) in [5.41, 5.74) is 0. The maximum Gasteiger partial charge on any atom is 0.234 e. The van der Waals surface area contributed by atoms with Crippen molar-refractivity contribution in [3.63, 3.8) is 0 Å². The van der Waals surface area contributed by atoms with E-state index in [0.29, 0.717) is 12.7 Å². The summed E-state index contributed by atoms with van der Waals surface area (Å²) in [7, 11) is 0. The Hall–Kier alpha value is -1.20. The third-order valence-electron chi connectivity index (χ3n) is 5.49. The molecule has 2 amide bonds. The predicted octanol–water partition coefficient (Wildman–Crippen LogP) is 3.02. The van der Waals surface area contributed by atoms with Crippen LogP contribution in [0.25, 0.3) is 0 Å². The van der Waals surface area contributed by atoms with Gasteiger partial charge in [0.15, 0.2) is 0 Å². The molecule has 3 fully saturated rings. The highest BCUT2D eigenvalue weighted by atomic mass is 32.1. The first-order chi connectivity index (χ1) is 10.8. The summed E-state index contributed by atoms with van der Waals surface area (Å²) in [6.45, 7) is 1.47. The third-order valence-corrected chi connectivity index (χ3v) is 6.46. The van der Waals surface area contributed by atoms with E-state index >= 15 is 0 Å². The van der Waals surface area contributed by atoms with E-state index < -0.39 is 0 Å². The van der Waals surface area contributed by atoms with Crippen molar-refractivity contribution in [1.82, 2.24) is 9.80 Å². The lowest BCUT2D eigenvalue weighted by molar-refractivity contribution is -0.142. The number of amides is 2. The smallest absolute Gasteiger partial charge is 0.234 e. The summed E-state index contributed by atoms with van der Waals surface area (Å²) in [4.78, 5) is 30.5. The van der Waals surface area contributed by atoms with Crippen LogP contribution < -0.4 is 0 Å². The van der Waals surface area contributed by atoms with E-state index in [2.05, 4.69) is 22.4 Å². The molecule has 0 bridgehead atoms. The lowest BCUT2D eigenvalue weighted by Gasteiger charge is -2.28. The maximum absolute atomic E-state index is 12.6. The zero-order valence-electron chi connectivity index (χ0n) is 12.7. The monoisotopic (exact) mass is 318 g/mol. The van der Waals surface area contributed by atoms with E-state index in [9.17, 15) is 9.59 Å². The normalized spacial score (nSPS) is 32.7. The van der Waals surface area contributed by atoms with Gasteiger partial charge in [-0.25, -0.2) is 0 Å². The Morgan fingerprint density at radius 2 is 1.77 bits per heavy atom. The molecule has 1 aromatic rings. The first-order valence-electron chi connectivity index (χ1n) is 8.38. The molecule has 0 aromatic carbocycles. The molecule has 5 heteroatoms. The second-order valence-corrected chi connectivity index (χ2v) is 7.71. The summed E-state index contributed by atoms with van der Waals surface area (Å²) >= 11 is 1.77. The Morgan fingerprint density at radius 3 is 2.41 bits per heavy atom. The number of hydrogen-bond acceptors (Lipinski definition) is 4. The van der Waals surface area contributed by atoms with Crippen molar-refractivity contribution >= 4 is 23.2 Å². The van der Waals surface area contributed by atoms with Gasteiger partial charge in [0.2, 0.25) is 11.8 Å². The zero-order valence-corrected chi connectivity index (χ0v) is 13.6. The summed E-state index contributed by atoms with van der Waals surface area (Å²) in [6, 6.07) is 4.63. The Labute approximate surface area is 135 Å². The molecule has 1 aliphatic carbocycles. The number of nitrogens with zero attached hydrogens (tertiary/aromatic N) is 2. The van der Waals surface area contributed by atoms with E-state index in [1.165, 1.54) is 4.88 Å². The van der Waals surface area contributed by atoms with Crippen LogP contribution in [0.2, 0.25) is 0 Å². The Balaban J connectivity index is 1.50. The first-order valence-corrected chi connectivity index (χ1v) is 9.26. The molecule has 118 valence electrons. The minimum Gasteiger partial charge on any atom is -0.278 e. The zero-order chi connectivity index (χ0) is 15.1. The van der Waals surface area contributed by atoms with Crippen LogP contribution in [0.3, 0.4) is 0 Å². The topological polar surface area (TPSA) is 40.6 Å². The Kier molecular flexibility index (Phi) is 3.78. The molecule has 3 heterocycles. The van der Waals surface area contributed by atoms with Gasteiger partial charge in [0.05, 0.1) is 18.5 Å². The van der Waals surface area contributed by atoms with Crippen LogP contribution in [0.15, 0.2) is 17.5 Å². The Bertz CT molecular complexity index is 547. The molecule has 0 radical (unpaired) electrons. The predicted molar refractivity (Wildman–Crippen MR) is 85.2 cm³/mol. The lowest BCUT2D eigenvalue weighted by atomic mass is 9.81. The lowest BCUT2D eigenvalue weighted by Crippen LogP contribution is -2.41. The second-order valence-electron chi connectivity index (χ2n) is 6.73. The molecule has 2 aliphatic heterocycles. The molecule has 3 aliphatic rings. The number of hydrogen-bond donors (Lipinski definition) is 0. The molecule has 4 nitrogen and oxygen atoms in total. The average molecular weight is 318 g/mol. The number of carbonyl (C=O) groups is 2. The van der Waals surface area contributed by atoms with Crippen LogP contribution in [0, 0.1) is 11.8 Å². The minimum atomic E-state index is -0.0240. The molecule has 4 rings (SSSR count). The molecule has 0 N–H and O–H groups in total. The van der Waals surface area contributed by atoms with Crippen LogP contribution in [0.1, 0.15) is 49.4 Å². The summed E-state index contributed by atoms with van der Waals surface area (Å²) in [6.07, 6.45) is 6.26. The molecular weight excluding hydrogens is 296 g/mol. The highest BCUT2D eigenvalue weighted by molar-refractivity contribution is 7.10. The highest BCUT2D eigenvalue weighted by Crippen LogP contribution is 2.40. The van der Waals surface area contributed by atoms with Gasteiger partial charge < -0.3 is 0 Å². The van der Waals surface area contributed by atoms with Crippen molar-refractivity contribution in [2.45, 2.75) is 44.6 Å². The fourth-order valence-electron chi connectivity index (χ4n) is 4.35. The van der Waals surface area contributed by atoms with Gasteiger partial charge in [0.25, 0.3) is 0 Å². The van der Waals surface area contributed by atoms with Gasteiger partial charge in [0, 0.05) is 17.5 Å². The number of likely N-dealkylation sites (tertiary alicyclic amines) is 2. The number of fused-ring (bicyclic) bond motifs is 1. The largest absolute Gasteiger partial charge is 0.278 e. The number of carbonyl (C=O) groups excluding carboxylic acids is 2. The van der Waals surface area contributed by atoms with E-state index in [-0.39, 0.29) is 23.7 Å². The van der Waals surface area contributed by atoms with Gasteiger partial charge in [-0.15, -0.1) is 11.3 Å². The summed E-state index contributed by atoms with van der Waals surface area (Å²) < 4.78 is 0. The van der Waals surface area contributed by atoms with Crippen LogP contribution in [-0.2, 0) is 9.59 Å². The highest BCUT2D eigenvalue weighted by Gasteiger charge is 2.48. The standard InChI is InChI=1S/C17H22N2O2S/c20-16-12-5-1-2-6-13(12)17(21)19(16)11-18-9-3-7-14(18)15-8-4-10-22-15/h4,8,10,12-14H,1-3,5-7,9,11H2/t12-,13+,14-/m0/s1. The quantitative estimate of drug-likeness (QED) is 0.804. The average Bonchev–Trinajstić information content (AvgIpc) is 3.25.